The Morgan fingerprint density at radius 1 is 1.65 bits per heavy atom. The SMILES string of the molecule is CC(CC(C)(NC1CC1)C(N)=O)Sc1ccc(Br)cn1. The molecule has 1 aromatic rings. The van der Waals surface area contributed by atoms with E-state index in [1.54, 1.807) is 18.0 Å². The van der Waals surface area contributed by atoms with Crippen molar-refractivity contribution < 1.29 is 4.79 Å². The molecule has 1 heterocycles. The van der Waals surface area contributed by atoms with Crippen molar-refractivity contribution in [1.82, 2.24) is 10.3 Å². The van der Waals surface area contributed by atoms with Gasteiger partial charge in [-0.15, -0.1) is 11.8 Å². The first-order chi connectivity index (χ1) is 9.39. The third kappa shape index (κ3) is 4.46. The van der Waals surface area contributed by atoms with Crippen LogP contribution in [0.25, 0.3) is 0 Å². The van der Waals surface area contributed by atoms with E-state index < -0.39 is 5.54 Å². The lowest BCUT2D eigenvalue weighted by Gasteiger charge is -2.30. The largest absolute Gasteiger partial charge is 0.368 e. The summed E-state index contributed by atoms with van der Waals surface area (Å²) in [5, 5.41) is 4.59. The maximum absolute atomic E-state index is 11.7. The van der Waals surface area contributed by atoms with Crippen molar-refractivity contribution in [2.45, 2.75) is 55.0 Å². The number of halogens is 1. The minimum atomic E-state index is -0.636. The lowest BCUT2D eigenvalue weighted by Crippen LogP contribution is -2.55. The number of thioether (sulfide) groups is 1. The molecule has 0 bridgehead atoms. The van der Waals surface area contributed by atoms with Crippen molar-refractivity contribution >= 4 is 33.6 Å². The van der Waals surface area contributed by atoms with Crippen LogP contribution in [0.4, 0.5) is 0 Å². The quantitative estimate of drug-likeness (QED) is 0.736. The highest BCUT2D eigenvalue weighted by Crippen LogP contribution is 2.30. The fourth-order valence-electron chi connectivity index (χ4n) is 2.16. The first kappa shape index (κ1) is 15.8. The molecule has 20 heavy (non-hydrogen) atoms. The summed E-state index contributed by atoms with van der Waals surface area (Å²) in [6.07, 6.45) is 4.75. The Hall–Kier alpha value is -0.590. The maximum Gasteiger partial charge on any atom is 0.237 e. The number of rotatable bonds is 7. The summed E-state index contributed by atoms with van der Waals surface area (Å²) >= 11 is 5.03. The van der Waals surface area contributed by atoms with Crippen LogP contribution in [-0.2, 0) is 4.79 Å². The number of aromatic nitrogens is 1. The number of nitrogens with one attached hydrogen (secondary N) is 1. The molecule has 1 amide bonds. The molecule has 1 aliphatic carbocycles. The van der Waals surface area contributed by atoms with Crippen LogP contribution < -0.4 is 11.1 Å². The molecular formula is C14H20BrN3OS. The van der Waals surface area contributed by atoms with Crippen molar-refractivity contribution in [2.24, 2.45) is 5.73 Å². The Labute approximate surface area is 132 Å². The van der Waals surface area contributed by atoms with Crippen molar-refractivity contribution in [3.63, 3.8) is 0 Å². The topological polar surface area (TPSA) is 68.0 Å². The molecule has 2 unspecified atom stereocenters. The first-order valence-corrected chi connectivity index (χ1v) is 8.42. The highest BCUT2D eigenvalue weighted by atomic mass is 79.9. The molecule has 0 aromatic carbocycles. The van der Waals surface area contributed by atoms with Gasteiger partial charge in [0, 0.05) is 22.0 Å². The van der Waals surface area contributed by atoms with Gasteiger partial charge in [-0.3, -0.25) is 4.79 Å². The summed E-state index contributed by atoms with van der Waals surface area (Å²) in [6, 6.07) is 4.40. The van der Waals surface area contributed by atoms with Crippen molar-refractivity contribution in [2.75, 3.05) is 0 Å². The van der Waals surface area contributed by atoms with Crippen molar-refractivity contribution in [3.8, 4) is 0 Å². The fourth-order valence-corrected chi connectivity index (χ4v) is 3.49. The molecule has 0 radical (unpaired) electrons. The van der Waals surface area contributed by atoms with E-state index in [-0.39, 0.29) is 11.2 Å². The van der Waals surface area contributed by atoms with Gasteiger partial charge < -0.3 is 11.1 Å². The van der Waals surface area contributed by atoms with Gasteiger partial charge in [-0.05, 0) is 54.2 Å². The lowest BCUT2D eigenvalue weighted by molar-refractivity contribution is -0.124. The summed E-state index contributed by atoms with van der Waals surface area (Å²) in [4.78, 5) is 16.1. The van der Waals surface area contributed by atoms with E-state index in [1.807, 2.05) is 19.1 Å². The van der Waals surface area contributed by atoms with E-state index in [4.69, 9.17) is 5.73 Å². The number of pyridine rings is 1. The van der Waals surface area contributed by atoms with Crippen molar-refractivity contribution in [3.05, 3.63) is 22.8 Å². The third-order valence-corrected chi connectivity index (χ3v) is 4.88. The molecule has 110 valence electrons. The molecule has 2 atom stereocenters. The average molecular weight is 358 g/mol. The van der Waals surface area contributed by atoms with Crippen LogP contribution in [0, 0.1) is 0 Å². The highest BCUT2D eigenvalue weighted by Gasteiger charge is 2.38. The molecule has 0 saturated heterocycles. The average Bonchev–Trinajstić information content (AvgIpc) is 3.15. The molecular weight excluding hydrogens is 338 g/mol. The van der Waals surface area contributed by atoms with Crippen LogP contribution >= 0.6 is 27.7 Å². The number of hydrogen-bond donors (Lipinski definition) is 2. The van der Waals surface area contributed by atoms with Gasteiger partial charge in [-0.1, -0.05) is 6.92 Å². The summed E-state index contributed by atoms with van der Waals surface area (Å²) in [6.45, 7) is 4.00. The minimum absolute atomic E-state index is 0.257. The molecule has 0 spiro atoms. The zero-order valence-corrected chi connectivity index (χ0v) is 14.1. The number of primary amides is 1. The maximum atomic E-state index is 11.7. The number of nitrogens with two attached hydrogens (primary N) is 1. The van der Waals surface area contributed by atoms with Gasteiger partial charge >= 0.3 is 0 Å². The Morgan fingerprint density at radius 3 is 2.85 bits per heavy atom. The predicted octanol–water partition coefficient (Wildman–Crippen LogP) is 2.71. The van der Waals surface area contributed by atoms with Crippen LogP contribution in [-0.4, -0.2) is 27.7 Å². The Bertz CT molecular complexity index is 478. The monoisotopic (exact) mass is 357 g/mol. The number of carbonyl (C=O) groups excluding carboxylic acids is 1. The molecule has 4 nitrogen and oxygen atoms in total. The second-order valence-corrected chi connectivity index (χ2v) is 7.94. The minimum Gasteiger partial charge on any atom is -0.368 e. The third-order valence-electron chi connectivity index (χ3n) is 3.36. The van der Waals surface area contributed by atoms with Crippen LogP contribution in [0.15, 0.2) is 27.8 Å². The van der Waals surface area contributed by atoms with E-state index in [2.05, 4.69) is 33.2 Å². The Kier molecular flexibility index (Phi) is 5.09. The number of hydrogen-bond acceptors (Lipinski definition) is 4. The van der Waals surface area contributed by atoms with Gasteiger partial charge in [-0.25, -0.2) is 4.98 Å². The van der Waals surface area contributed by atoms with Gasteiger partial charge in [-0.2, -0.15) is 0 Å². The zero-order chi connectivity index (χ0) is 14.8. The summed E-state index contributed by atoms with van der Waals surface area (Å²) < 4.78 is 0.965. The Morgan fingerprint density at radius 2 is 2.35 bits per heavy atom. The fraction of sp³-hybridized carbons (Fsp3) is 0.571. The zero-order valence-electron chi connectivity index (χ0n) is 11.7. The molecule has 3 N–H and O–H groups in total. The second kappa shape index (κ2) is 6.45. The van der Waals surface area contributed by atoms with Gasteiger partial charge in [0.25, 0.3) is 0 Å². The number of carbonyl (C=O) groups is 1. The summed E-state index contributed by atoms with van der Waals surface area (Å²) in [7, 11) is 0. The lowest BCUT2D eigenvalue weighted by atomic mass is 9.95. The van der Waals surface area contributed by atoms with Gasteiger partial charge in [0.05, 0.1) is 10.6 Å². The van der Waals surface area contributed by atoms with Gasteiger partial charge in [0.2, 0.25) is 5.91 Å². The molecule has 1 saturated carbocycles. The summed E-state index contributed by atoms with van der Waals surface area (Å²) in [5.41, 5.74) is 4.94. The number of nitrogens with zero attached hydrogens (tertiary/aromatic N) is 1. The van der Waals surface area contributed by atoms with E-state index in [1.165, 1.54) is 0 Å². The molecule has 1 fully saturated rings. The van der Waals surface area contributed by atoms with E-state index in [0.29, 0.717) is 12.5 Å². The van der Waals surface area contributed by atoms with Crippen LogP contribution in [0.2, 0.25) is 0 Å². The smallest absolute Gasteiger partial charge is 0.237 e. The second-order valence-electron chi connectivity index (χ2n) is 5.56. The normalized spacial score (nSPS) is 19.4. The van der Waals surface area contributed by atoms with Gasteiger partial charge in [0.1, 0.15) is 0 Å². The molecule has 1 aromatic heterocycles. The molecule has 0 aliphatic heterocycles. The highest BCUT2D eigenvalue weighted by molar-refractivity contribution is 9.10. The van der Waals surface area contributed by atoms with Gasteiger partial charge in [0.15, 0.2) is 0 Å². The standard InChI is InChI=1S/C14H20BrN3OS/c1-9(20-12-6-3-10(15)8-17-12)7-14(2,13(16)19)18-11-4-5-11/h3,6,8-9,11,18H,4-5,7H2,1-2H3,(H2,16,19). The first-order valence-electron chi connectivity index (χ1n) is 6.75. The van der Waals surface area contributed by atoms with Crippen molar-refractivity contribution in [1.29, 1.82) is 0 Å². The molecule has 6 heteroatoms. The summed E-state index contributed by atoms with van der Waals surface area (Å²) in [5.74, 6) is -0.277. The Balaban J connectivity index is 1.95. The predicted molar refractivity (Wildman–Crippen MR) is 85.6 cm³/mol. The van der Waals surface area contributed by atoms with Crippen LogP contribution in [0.1, 0.15) is 33.1 Å². The molecule has 2 rings (SSSR count). The van der Waals surface area contributed by atoms with Crippen LogP contribution in [0.5, 0.6) is 0 Å². The van der Waals surface area contributed by atoms with E-state index in [0.717, 1.165) is 22.3 Å². The van der Waals surface area contributed by atoms with Crippen LogP contribution in [0.3, 0.4) is 0 Å². The van der Waals surface area contributed by atoms with E-state index >= 15 is 0 Å². The van der Waals surface area contributed by atoms with E-state index in [9.17, 15) is 4.79 Å². The molecule has 1 aliphatic rings. The number of amides is 1.